The summed E-state index contributed by atoms with van der Waals surface area (Å²) in [6, 6.07) is 21.9. The van der Waals surface area contributed by atoms with Crippen LogP contribution in [0.3, 0.4) is 0 Å². The molecule has 0 radical (unpaired) electrons. The summed E-state index contributed by atoms with van der Waals surface area (Å²) in [7, 11) is 6.29. The summed E-state index contributed by atoms with van der Waals surface area (Å²) in [5, 5.41) is 15.1. The first-order valence-electron chi connectivity index (χ1n) is 14.2. The van der Waals surface area contributed by atoms with Gasteiger partial charge in [-0.2, -0.15) is 0 Å². The predicted molar refractivity (Wildman–Crippen MR) is 160 cm³/mol. The van der Waals surface area contributed by atoms with E-state index in [1.54, 1.807) is 24.3 Å². The standard InChI is InChI=1S/C33H39N3O6/c1-36(2,3)19-8-13-31(37)34-18-20-41-24-16-14-23(15-17-24)21-30(32(38)39)35-33(40)42-22-29-27-11-6-4-9-25(27)26-10-5-7-12-28(26)29/h4-7,9-12,14-17,29-30H,8,13,18-22H2,1-3H3,(H2-,34,35,37,38,39,40)/p+1/t30-/m0/s1. The molecule has 9 nitrogen and oxygen atoms in total. The maximum atomic E-state index is 12.6. The Morgan fingerprint density at radius 1 is 0.905 bits per heavy atom. The molecule has 1 atom stereocenters. The Labute approximate surface area is 247 Å². The molecule has 0 unspecified atom stereocenters. The van der Waals surface area contributed by atoms with E-state index in [9.17, 15) is 19.5 Å². The molecule has 2 amide bonds. The summed E-state index contributed by atoms with van der Waals surface area (Å²) in [6.45, 7) is 1.76. The van der Waals surface area contributed by atoms with Gasteiger partial charge in [0.05, 0.1) is 34.2 Å². The van der Waals surface area contributed by atoms with Crippen molar-refractivity contribution in [3.63, 3.8) is 0 Å². The number of aliphatic carboxylic acids is 1. The van der Waals surface area contributed by atoms with E-state index in [4.69, 9.17) is 9.47 Å². The Balaban J connectivity index is 1.22. The van der Waals surface area contributed by atoms with Crippen LogP contribution in [0, 0.1) is 0 Å². The topological polar surface area (TPSA) is 114 Å². The van der Waals surface area contributed by atoms with Crippen LogP contribution in [0.25, 0.3) is 11.1 Å². The van der Waals surface area contributed by atoms with Crippen LogP contribution in [0.2, 0.25) is 0 Å². The van der Waals surface area contributed by atoms with Crippen LogP contribution in [0.15, 0.2) is 72.8 Å². The van der Waals surface area contributed by atoms with Crippen molar-refractivity contribution in [3.8, 4) is 16.9 Å². The number of carboxylic acid groups (broad SMARTS) is 1. The number of carbonyl (C=O) groups is 3. The molecule has 42 heavy (non-hydrogen) atoms. The first-order chi connectivity index (χ1) is 20.1. The molecule has 1 aliphatic rings. The number of rotatable bonds is 14. The van der Waals surface area contributed by atoms with E-state index in [2.05, 4.69) is 43.9 Å². The summed E-state index contributed by atoms with van der Waals surface area (Å²) >= 11 is 0. The second-order valence-electron chi connectivity index (χ2n) is 11.5. The lowest BCUT2D eigenvalue weighted by atomic mass is 9.98. The molecular weight excluding hydrogens is 534 g/mol. The number of amides is 2. The van der Waals surface area contributed by atoms with Crippen LogP contribution in [0.5, 0.6) is 5.75 Å². The Kier molecular flexibility index (Phi) is 10.2. The lowest BCUT2D eigenvalue weighted by molar-refractivity contribution is -0.870. The zero-order chi connectivity index (χ0) is 30.1. The van der Waals surface area contributed by atoms with Crippen LogP contribution in [-0.4, -0.2) is 81.0 Å². The minimum atomic E-state index is -1.15. The first-order valence-corrected chi connectivity index (χ1v) is 14.2. The van der Waals surface area contributed by atoms with Gasteiger partial charge in [-0.25, -0.2) is 9.59 Å². The van der Waals surface area contributed by atoms with E-state index < -0.39 is 18.1 Å². The number of benzene rings is 3. The molecule has 0 saturated heterocycles. The van der Waals surface area contributed by atoms with E-state index >= 15 is 0 Å². The number of ether oxygens (including phenoxy) is 2. The second-order valence-corrected chi connectivity index (χ2v) is 11.5. The highest BCUT2D eigenvalue weighted by Gasteiger charge is 2.29. The van der Waals surface area contributed by atoms with E-state index in [0.717, 1.165) is 45.3 Å². The van der Waals surface area contributed by atoms with Crippen LogP contribution >= 0.6 is 0 Å². The summed E-state index contributed by atoms with van der Waals surface area (Å²) in [4.78, 5) is 36.5. The quantitative estimate of drug-likeness (QED) is 0.196. The lowest BCUT2D eigenvalue weighted by Gasteiger charge is -2.23. The molecule has 9 heteroatoms. The van der Waals surface area contributed by atoms with Gasteiger partial charge in [0.1, 0.15) is 25.0 Å². The zero-order valence-electron chi connectivity index (χ0n) is 24.5. The number of quaternary nitrogens is 1. The van der Waals surface area contributed by atoms with Gasteiger partial charge in [0, 0.05) is 25.2 Å². The molecule has 0 bridgehead atoms. The molecular formula is C33H40N3O6+. The van der Waals surface area contributed by atoms with Gasteiger partial charge in [-0.05, 0) is 39.9 Å². The fraction of sp³-hybridized carbons (Fsp3) is 0.364. The highest BCUT2D eigenvalue weighted by atomic mass is 16.5. The Hall–Kier alpha value is -4.37. The molecule has 0 aliphatic heterocycles. The summed E-state index contributed by atoms with van der Waals surface area (Å²) in [5.41, 5.74) is 5.13. The van der Waals surface area contributed by atoms with Crippen molar-refractivity contribution in [2.75, 3.05) is 47.4 Å². The maximum Gasteiger partial charge on any atom is 0.407 e. The van der Waals surface area contributed by atoms with Crippen molar-refractivity contribution in [1.82, 2.24) is 10.6 Å². The summed E-state index contributed by atoms with van der Waals surface area (Å²) in [6.07, 6.45) is 0.622. The molecule has 1 aliphatic carbocycles. The maximum absolute atomic E-state index is 12.6. The van der Waals surface area contributed by atoms with Gasteiger partial charge in [0.15, 0.2) is 0 Å². The number of nitrogens with one attached hydrogen (secondary N) is 2. The Bertz CT molecular complexity index is 1340. The normalized spacial score (nSPS) is 13.0. The summed E-state index contributed by atoms with van der Waals surface area (Å²) < 4.78 is 12.0. The third-order valence-electron chi connectivity index (χ3n) is 7.22. The Morgan fingerprint density at radius 3 is 2.12 bits per heavy atom. The summed E-state index contributed by atoms with van der Waals surface area (Å²) in [5.74, 6) is -0.651. The Morgan fingerprint density at radius 2 is 1.52 bits per heavy atom. The van der Waals surface area contributed by atoms with Crippen molar-refractivity contribution < 1.29 is 33.4 Å². The molecule has 3 N–H and O–H groups in total. The third-order valence-corrected chi connectivity index (χ3v) is 7.22. The number of alkyl carbamates (subject to hydrolysis) is 1. The molecule has 0 aromatic heterocycles. The average Bonchev–Trinajstić information content (AvgIpc) is 3.27. The monoisotopic (exact) mass is 574 g/mol. The number of carbonyl (C=O) groups excluding carboxylic acids is 2. The first kappa shape index (κ1) is 30.6. The zero-order valence-corrected chi connectivity index (χ0v) is 24.5. The molecule has 222 valence electrons. The van der Waals surface area contributed by atoms with Gasteiger partial charge >= 0.3 is 12.1 Å². The minimum absolute atomic E-state index is 0.00557. The average molecular weight is 575 g/mol. The largest absolute Gasteiger partial charge is 0.492 e. The van der Waals surface area contributed by atoms with Crippen molar-refractivity contribution in [2.45, 2.75) is 31.2 Å². The number of hydrogen-bond acceptors (Lipinski definition) is 5. The van der Waals surface area contributed by atoms with Crippen molar-refractivity contribution in [2.24, 2.45) is 0 Å². The minimum Gasteiger partial charge on any atom is -0.492 e. The van der Waals surface area contributed by atoms with Gasteiger partial charge in [-0.1, -0.05) is 60.7 Å². The van der Waals surface area contributed by atoms with Crippen LogP contribution in [0.1, 0.15) is 35.4 Å². The molecule has 4 rings (SSSR count). The SMILES string of the molecule is C[N+](C)(C)CCCC(=O)NCCOc1ccc(C[C@H](NC(=O)OCC2c3ccccc3-c3ccccc32)C(=O)O)cc1. The molecule has 0 heterocycles. The fourth-order valence-electron chi connectivity index (χ4n) is 5.10. The van der Waals surface area contributed by atoms with Crippen molar-refractivity contribution >= 4 is 18.0 Å². The predicted octanol–water partition coefficient (Wildman–Crippen LogP) is 4.20. The highest BCUT2D eigenvalue weighted by Crippen LogP contribution is 2.44. The number of fused-ring (bicyclic) bond motifs is 3. The molecule has 0 fully saturated rings. The second kappa shape index (κ2) is 14.0. The van der Waals surface area contributed by atoms with E-state index in [1.807, 2.05) is 36.4 Å². The van der Waals surface area contributed by atoms with Crippen LogP contribution < -0.4 is 15.4 Å². The number of carboxylic acids is 1. The molecule has 3 aromatic rings. The number of nitrogens with zero attached hydrogens (tertiary/aromatic N) is 1. The lowest BCUT2D eigenvalue weighted by Crippen LogP contribution is -2.42. The highest BCUT2D eigenvalue weighted by molar-refractivity contribution is 5.81. The van der Waals surface area contributed by atoms with Gasteiger partial charge in [-0.3, -0.25) is 4.79 Å². The molecule has 3 aromatic carbocycles. The van der Waals surface area contributed by atoms with Gasteiger partial charge < -0.3 is 29.7 Å². The van der Waals surface area contributed by atoms with Crippen LogP contribution in [0.4, 0.5) is 4.79 Å². The van der Waals surface area contributed by atoms with Gasteiger partial charge in [-0.15, -0.1) is 0 Å². The molecule has 0 saturated carbocycles. The third kappa shape index (κ3) is 8.57. The van der Waals surface area contributed by atoms with E-state index in [1.165, 1.54) is 0 Å². The van der Waals surface area contributed by atoms with Crippen molar-refractivity contribution in [1.29, 1.82) is 0 Å². The van der Waals surface area contributed by atoms with Gasteiger partial charge in [0.25, 0.3) is 0 Å². The smallest absolute Gasteiger partial charge is 0.407 e. The number of hydrogen-bond donors (Lipinski definition) is 3. The van der Waals surface area contributed by atoms with Crippen LogP contribution in [-0.2, 0) is 20.7 Å². The van der Waals surface area contributed by atoms with E-state index in [0.29, 0.717) is 25.3 Å². The molecule has 0 spiro atoms. The van der Waals surface area contributed by atoms with E-state index in [-0.39, 0.29) is 24.9 Å². The van der Waals surface area contributed by atoms with Gasteiger partial charge in [0.2, 0.25) is 5.91 Å². The fourth-order valence-corrected chi connectivity index (χ4v) is 5.10. The van der Waals surface area contributed by atoms with Crippen molar-refractivity contribution in [3.05, 3.63) is 89.5 Å².